The van der Waals surface area contributed by atoms with E-state index in [1.807, 2.05) is 0 Å². The van der Waals surface area contributed by atoms with Gasteiger partial charge in [0.2, 0.25) is 5.95 Å². The van der Waals surface area contributed by atoms with Gasteiger partial charge in [-0.05, 0) is 6.92 Å². The van der Waals surface area contributed by atoms with Gasteiger partial charge in [-0.25, -0.2) is 4.98 Å². The Morgan fingerprint density at radius 2 is 2.22 bits per heavy atom. The van der Waals surface area contributed by atoms with Crippen molar-refractivity contribution in [2.45, 2.75) is 31.0 Å². The number of imidazole rings is 1. The number of fused-ring (bicyclic) bond motifs is 1. The maximum Gasteiger partial charge on any atom is 0.301 e. The second-order valence-electron chi connectivity index (χ2n) is 5.49. The lowest BCUT2D eigenvalue weighted by atomic mass is 9.96. The van der Waals surface area contributed by atoms with Crippen molar-refractivity contribution in [3.8, 4) is 0 Å². The Morgan fingerprint density at radius 1 is 1.52 bits per heavy atom. The second-order valence-corrected chi connectivity index (χ2v) is 5.49. The third kappa shape index (κ3) is 2.21. The lowest BCUT2D eigenvalue weighted by molar-refractivity contribution is -0.0949. The molecular formula is C12H15N5O6. The van der Waals surface area contributed by atoms with E-state index in [9.17, 15) is 24.9 Å². The van der Waals surface area contributed by atoms with E-state index in [0.29, 0.717) is 0 Å². The minimum Gasteiger partial charge on any atom is -0.394 e. The van der Waals surface area contributed by atoms with Crippen LogP contribution < -0.4 is 16.9 Å². The molecule has 1 fully saturated rings. The summed E-state index contributed by atoms with van der Waals surface area (Å²) in [5, 5.41) is 29.7. The molecule has 0 aliphatic carbocycles. The number of hydrogen-bond donors (Lipinski definition) is 5. The highest BCUT2D eigenvalue weighted by Gasteiger charge is 2.53. The molecule has 1 saturated heterocycles. The van der Waals surface area contributed by atoms with E-state index in [2.05, 4.69) is 15.0 Å². The fraction of sp³-hybridized carbons (Fsp3) is 0.500. The average Bonchev–Trinajstić information content (AvgIpc) is 2.96. The van der Waals surface area contributed by atoms with Crippen LogP contribution in [0.25, 0.3) is 11.0 Å². The van der Waals surface area contributed by atoms with Gasteiger partial charge >= 0.3 is 5.56 Å². The molecule has 2 aromatic heterocycles. The first-order valence-corrected chi connectivity index (χ1v) is 6.70. The van der Waals surface area contributed by atoms with Crippen LogP contribution in [0.1, 0.15) is 13.2 Å². The Balaban J connectivity index is 2.27. The van der Waals surface area contributed by atoms with Crippen LogP contribution in [0.2, 0.25) is 0 Å². The summed E-state index contributed by atoms with van der Waals surface area (Å²) in [5.74, 6) is -0.378. The fourth-order valence-corrected chi connectivity index (χ4v) is 2.68. The van der Waals surface area contributed by atoms with Crippen LogP contribution in [-0.2, 0) is 4.74 Å². The number of nitrogen functional groups attached to an aromatic ring is 1. The number of anilines is 1. The van der Waals surface area contributed by atoms with Gasteiger partial charge in [-0.15, -0.1) is 0 Å². The Kier molecular flexibility index (Phi) is 3.44. The number of aliphatic hydroxyl groups is 3. The number of nitrogens with zero attached hydrogens (tertiary/aromatic N) is 3. The predicted octanol–water partition coefficient (Wildman–Crippen LogP) is -2.94. The highest BCUT2D eigenvalue weighted by atomic mass is 16.6. The van der Waals surface area contributed by atoms with Crippen LogP contribution in [0.5, 0.6) is 0 Å². The maximum absolute atomic E-state index is 12.2. The second kappa shape index (κ2) is 5.09. The van der Waals surface area contributed by atoms with Gasteiger partial charge in [-0.1, -0.05) is 0 Å². The highest BCUT2D eigenvalue weighted by molar-refractivity contribution is 5.73. The predicted molar refractivity (Wildman–Crippen MR) is 76.5 cm³/mol. The summed E-state index contributed by atoms with van der Waals surface area (Å²) in [6, 6.07) is 0. The van der Waals surface area contributed by atoms with Crippen LogP contribution in [0.4, 0.5) is 5.95 Å². The summed E-state index contributed by atoms with van der Waals surface area (Å²) >= 11 is 0. The average molecular weight is 325 g/mol. The van der Waals surface area contributed by atoms with E-state index in [1.54, 1.807) is 0 Å². The van der Waals surface area contributed by atoms with Gasteiger partial charge in [-0.3, -0.25) is 19.1 Å². The lowest BCUT2D eigenvalue weighted by Crippen LogP contribution is -2.44. The van der Waals surface area contributed by atoms with Crippen molar-refractivity contribution in [1.82, 2.24) is 19.5 Å². The van der Waals surface area contributed by atoms with Crippen molar-refractivity contribution >= 4 is 17.0 Å². The quantitative estimate of drug-likeness (QED) is 0.386. The number of rotatable bonds is 2. The van der Waals surface area contributed by atoms with E-state index in [1.165, 1.54) is 6.92 Å². The minimum absolute atomic E-state index is 0.213. The highest BCUT2D eigenvalue weighted by Crippen LogP contribution is 2.38. The zero-order valence-corrected chi connectivity index (χ0v) is 12.0. The number of aliphatic hydroxyl groups excluding tert-OH is 2. The van der Waals surface area contributed by atoms with Crippen molar-refractivity contribution in [2.75, 3.05) is 12.3 Å². The molecule has 0 aromatic carbocycles. The number of ether oxygens (including phenoxy) is 1. The molecular weight excluding hydrogens is 310 g/mol. The SMILES string of the molecule is C[C@@]1(O)[C@H](O)[C@@H](CO)O[C@H]1n1cnc2c(=O)nc(N)[nH]c(=O)c21. The minimum atomic E-state index is -1.83. The molecule has 4 atom stereocenters. The normalized spacial score (nSPS) is 30.9. The van der Waals surface area contributed by atoms with E-state index >= 15 is 0 Å². The molecule has 124 valence electrons. The van der Waals surface area contributed by atoms with Gasteiger partial charge in [0, 0.05) is 0 Å². The molecule has 0 unspecified atom stereocenters. The van der Waals surface area contributed by atoms with E-state index in [0.717, 1.165) is 10.9 Å². The molecule has 0 bridgehead atoms. The Hall–Kier alpha value is -2.34. The first-order valence-electron chi connectivity index (χ1n) is 6.70. The Morgan fingerprint density at radius 3 is 2.83 bits per heavy atom. The van der Waals surface area contributed by atoms with Gasteiger partial charge in [0.1, 0.15) is 23.3 Å². The maximum atomic E-state index is 12.2. The van der Waals surface area contributed by atoms with Gasteiger partial charge in [0.05, 0.1) is 12.9 Å². The smallest absolute Gasteiger partial charge is 0.301 e. The summed E-state index contributed by atoms with van der Waals surface area (Å²) < 4.78 is 6.52. The summed E-state index contributed by atoms with van der Waals surface area (Å²) in [5.41, 5.74) is 1.50. The molecule has 0 radical (unpaired) electrons. The summed E-state index contributed by atoms with van der Waals surface area (Å²) in [6.45, 7) is 0.748. The lowest BCUT2D eigenvalue weighted by Gasteiger charge is -2.27. The van der Waals surface area contributed by atoms with Crippen molar-refractivity contribution in [1.29, 1.82) is 0 Å². The summed E-state index contributed by atoms with van der Waals surface area (Å²) in [6.07, 6.45) is -2.59. The standard InChI is InChI=1S/C12H15N5O6/c1-12(22)7(19)4(2-18)23-10(12)17-3-14-5-6(17)9(21)16-11(13)15-8(5)20/h3-4,7,10,18-19,22H,2H2,1H3,(H3,13,15,16,20,21)/t4-,7-,10-,12-/m1/s1. The Labute approximate surface area is 128 Å². The third-order valence-corrected chi connectivity index (χ3v) is 3.86. The van der Waals surface area contributed by atoms with Crippen molar-refractivity contribution < 1.29 is 20.1 Å². The van der Waals surface area contributed by atoms with E-state index in [4.69, 9.17) is 10.5 Å². The Bertz CT molecular complexity index is 874. The molecule has 3 heterocycles. The number of aromatic nitrogens is 4. The summed E-state index contributed by atoms with van der Waals surface area (Å²) in [4.78, 5) is 33.6. The molecule has 6 N–H and O–H groups in total. The topological polar surface area (TPSA) is 177 Å². The van der Waals surface area contributed by atoms with Crippen LogP contribution in [-0.4, -0.2) is 59.3 Å². The fourth-order valence-electron chi connectivity index (χ4n) is 2.68. The van der Waals surface area contributed by atoms with Gasteiger partial charge in [0.25, 0.3) is 5.56 Å². The molecule has 0 amide bonds. The van der Waals surface area contributed by atoms with E-state index < -0.39 is 41.8 Å². The molecule has 2 aromatic rings. The van der Waals surface area contributed by atoms with Gasteiger partial charge < -0.3 is 25.8 Å². The number of H-pyrrole nitrogens is 1. The van der Waals surface area contributed by atoms with Gasteiger partial charge in [0.15, 0.2) is 11.7 Å². The molecule has 1 aliphatic heterocycles. The number of aromatic amines is 1. The number of hydrogen-bond acceptors (Lipinski definition) is 9. The monoisotopic (exact) mass is 325 g/mol. The number of nitrogens with two attached hydrogens (primary N) is 1. The molecule has 1 aliphatic rings. The zero-order valence-electron chi connectivity index (χ0n) is 12.0. The van der Waals surface area contributed by atoms with Crippen molar-refractivity contribution in [3.05, 3.63) is 27.0 Å². The van der Waals surface area contributed by atoms with Crippen LogP contribution in [0.15, 0.2) is 15.9 Å². The molecule has 0 saturated carbocycles. The number of nitrogens with one attached hydrogen (secondary N) is 1. The molecule has 11 heteroatoms. The molecule has 23 heavy (non-hydrogen) atoms. The molecule has 3 rings (SSSR count). The van der Waals surface area contributed by atoms with Crippen LogP contribution in [0.3, 0.4) is 0 Å². The first kappa shape index (κ1) is 15.6. The third-order valence-electron chi connectivity index (χ3n) is 3.86. The van der Waals surface area contributed by atoms with Crippen LogP contribution >= 0.6 is 0 Å². The largest absolute Gasteiger partial charge is 0.394 e. The molecule has 11 nitrogen and oxygen atoms in total. The zero-order chi connectivity index (χ0) is 16.9. The van der Waals surface area contributed by atoms with E-state index in [-0.39, 0.29) is 17.0 Å². The van der Waals surface area contributed by atoms with Gasteiger partial charge in [-0.2, -0.15) is 4.98 Å². The van der Waals surface area contributed by atoms with Crippen molar-refractivity contribution in [2.24, 2.45) is 0 Å². The van der Waals surface area contributed by atoms with Crippen molar-refractivity contribution in [3.63, 3.8) is 0 Å². The summed E-state index contributed by atoms with van der Waals surface area (Å²) in [7, 11) is 0. The van der Waals surface area contributed by atoms with Crippen LogP contribution in [0, 0.1) is 0 Å². The molecule has 0 spiro atoms. The first-order chi connectivity index (χ1) is 10.8.